The molecule has 9 heteroatoms. The largest absolute Gasteiger partial charge is 0.462 e. The zero-order chi connectivity index (χ0) is 21.2. The molecule has 0 atom stereocenters. The van der Waals surface area contributed by atoms with E-state index in [1.54, 1.807) is 6.92 Å². The Balaban J connectivity index is 2.12. The molecule has 0 radical (unpaired) electrons. The highest BCUT2D eigenvalue weighted by Crippen LogP contribution is 2.29. The van der Waals surface area contributed by atoms with Crippen LogP contribution in [-0.2, 0) is 17.5 Å². The van der Waals surface area contributed by atoms with Gasteiger partial charge < -0.3 is 4.74 Å². The topological polar surface area (TPSA) is 53.2 Å². The molecule has 0 saturated carbocycles. The molecule has 0 amide bonds. The number of alkyl halides is 3. The fraction of sp³-hybridized carbons (Fsp3) is 0.200. The third-order valence-corrected chi connectivity index (χ3v) is 4.96. The van der Waals surface area contributed by atoms with Crippen LogP contribution in [0.5, 0.6) is 0 Å². The van der Waals surface area contributed by atoms with Crippen LogP contribution in [0.4, 0.5) is 13.2 Å². The predicted octanol–water partition coefficient (Wildman–Crippen LogP) is 4.65. The Bertz CT molecular complexity index is 1090. The van der Waals surface area contributed by atoms with Gasteiger partial charge in [-0.3, -0.25) is 9.48 Å². The molecule has 1 aromatic heterocycles. The lowest BCUT2D eigenvalue weighted by molar-refractivity contribution is -0.137. The van der Waals surface area contributed by atoms with E-state index in [2.05, 4.69) is 15.9 Å². The molecule has 0 aliphatic heterocycles. The standard InChI is InChI=1S/C20H16BrF3N2O3/c1-2-29-19(28)16-12-25(11-13-5-3-4-6-17(13)21)26(18(16)27)15-9-7-14(8-10-15)20(22,23)24/h3-10,12H,2,11H2,1H3. The number of aromatic nitrogens is 2. The van der Waals surface area contributed by atoms with Gasteiger partial charge in [-0.15, -0.1) is 0 Å². The van der Waals surface area contributed by atoms with Crippen molar-refractivity contribution in [3.63, 3.8) is 0 Å². The summed E-state index contributed by atoms with van der Waals surface area (Å²) in [4.78, 5) is 25.0. The summed E-state index contributed by atoms with van der Waals surface area (Å²) in [5.74, 6) is -0.788. The number of halogens is 4. The van der Waals surface area contributed by atoms with E-state index in [0.29, 0.717) is 0 Å². The molecule has 5 nitrogen and oxygen atoms in total. The molecule has 0 bridgehead atoms. The van der Waals surface area contributed by atoms with Crippen LogP contribution in [0.1, 0.15) is 28.4 Å². The number of rotatable bonds is 5. The number of ether oxygens (including phenoxy) is 1. The highest BCUT2D eigenvalue weighted by molar-refractivity contribution is 9.10. The molecule has 0 aliphatic rings. The summed E-state index contributed by atoms with van der Waals surface area (Å²) in [6, 6.07) is 11.5. The Labute approximate surface area is 172 Å². The second kappa shape index (κ2) is 8.28. The number of esters is 1. The van der Waals surface area contributed by atoms with Gasteiger partial charge in [0.25, 0.3) is 5.56 Å². The molecule has 1 heterocycles. The van der Waals surface area contributed by atoms with E-state index in [9.17, 15) is 22.8 Å². The SMILES string of the molecule is CCOC(=O)c1cn(Cc2ccccc2Br)n(-c2ccc(C(F)(F)F)cc2)c1=O. The monoisotopic (exact) mass is 468 g/mol. The molecule has 152 valence electrons. The first-order valence-corrected chi connectivity index (χ1v) is 9.42. The van der Waals surface area contributed by atoms with Crippen molar-refractivity contribution < 1.29 is 22.7 Å². The molecular formula is C20H16BrF3N2O3. The molecule has 3 rings (SSSR count). The summed E-state index contributed by atoms with van der Waals surface area (Å²) in [7, 11) is 0. The van der Waals surface area contributed by atoms with E-state index in [4.69, 9.17) is 4.74 Å². The van der Waals surface area contributed by atoms with Gasteiger partial charge in [-0.05, 0) is 42.8 Å². The summed E-state index contributed by atoms with van der Waals surface area (Å²) < 4.78 is 46.9. The van der Waals surface area contributed by atoms with E-state index in [1.807, 2.05) is 24.3 Å². The molecule has 29 heavy (non-hydrogen) atoms. The molecule has 0 unspecified atom stereocenters. The first-order valence-electron chi connectivity index (χ1n) is 8.63. The van der Waals surface area contributed by atoms with Crippen LogP contribution in [0, 0.1) is 0 Å². The van der Waals surface area contributed by atoms with E-state index in [1.165, 1.54) is 23.0 Å². The van der Waals surface area contributed by atoms with Crippen LogP contribution < -0.4 is 5.56 Å². The van der Waals surface area contributed by atoms with E-state index < -0.39 is 23.3 Å². The van der Waals surface area contributed by atoms with Crippen LogP contribution in [-0.4, -0.2) is 21.9 Å². The van der Waals surface area contributed by atoms with Crippen molar-refractivity contribution in [2.24, 2.45) is 0 Å². The Morgan fingerprint density at radius 3 is 2.34 bits per heavy atom. The average molecular weight is 469 g/mol. The fourth-order valence-corrected chi connectivity index (χ4v) is 3.23. The lowest BCUT2D eigenvalue weighted by Crippen LogP contribution is -2.25. The second-order valence-electron chi connectivity index (χ2n) is 6.11. The van der Waals surface area contributed by atoms with Crippen LogP contribution >= 0.6 is 15.9 Å². The maximum absolute atomic E-state index is 12.9. The summed E-state index contributed by atoms with van der Waals surface area (Å²) in [5.41, 5.74) is -0.679. The molecule has 0 aliphatic carbocycles. The number of hydrogen-bond acceptors (Lipinski definition) is 3. The van der Waals surface area contributed by atoms with Gasteiger partial charge in [-0.25, -0.2) is 9.48 Å². The number of nitrogens with zero attached hydrogens (tertiary/aromatic N) is 2. The maximum Gasteiger partial charge on any atom is 0.416 e. The minimum Gasteiger partial charge on any atom is -0.462 e. The fourth-order valence-electron chi connectivity index (χ4n) is 2.82. The van der Waals surface area contributed by atoms with E-state index in [-0.39, 0.29) is 24.4 Å². The van der Waals surface area contributed by atoms with Gasteiger partial charge in [0.05, 0.1) is 24.4 Å². The Kier molecular flexibility index (Phi) is 5.97. The molecule has 0 N–H and O–H groups in total. The molecule has 0 fully saturated rings. The summed E-state index contributed by atoms with van der Waals surface area (Å²) in [6.45, 7) is 1.91. The molecule has 2 aromatic carbocycles. The molecule has 0 saturated heterocycles. The predicted molar refractivity (Wildman–Crippen MR) is 104 cm³/mol. The number of carbonyl (C=O) groups excluding carboxylic acids is 1. The van der Waals surface area contributed by atoms with Crippen LogP contribution in [0.25, 0.3) is 5.69 Å². The third kappa shape index (κ3) is 4.45. The maximum atomic E-state index is 12.9. The first kappa shape index (κ1) is 20.9. The number of benzene rings is 2. The Morgan fingerprint density at radius 1 is 1.10 bits per heavy atom. The van der Waals surface area contributed by atoms with Crippen LogP contribution in [0.15, 0.2) is 64.0 Å². The van der Waals surface area contributed by atoms with Gasteiger partial charge in [-0.1, -0.05) is 34.1 Å². The van der Waals surface area contributed by atoms with E-state index >= 15 is 0 Å². The van der Waals surface area contributed by atoms with Crippen molar-refractivity contribution in [3.05, 3.63) is 86.2 Å². The van der Waals surface area contributed by atoms with Crippen molar-refractivity contribution in [2.75, 3.05) is 6.61 Å². The van der Waals surface area contributed by atoms with Gasteiger partial charge in [0, 0.05) is 10.7 Å². The Hall–Kier alpha value is -2.81. The first-order chi connectivity index (χ1) is 13.7. The lowest BCUT2D eigenvalue weighted by atomic mass is 10.2. The summed E-state index contributed by atoms with van der Waals surface area (Å²) in [6.07, 6.45) is -3.14. The van der Waals surface area contributed by atoms with Gasteiger partial charge in [0.2, 0.25) is 0 Å². The van der Waals surface area contributed by atoms with Crippen molar-refractivity contribution in [3.8, 4) is 5.69 Å². The smallest absolute Gasteiger partial charge is 0.416 e. The van der Waals surface area contributed by atoms with Crippen molar-refractivity contribution in [1.82, 2.24) is 9.36 Å². The second-order valence-corrected chi connectivity index (χ2v) is 6.97. The molecular weight excluding hydrogens is 453 g/mol. The molecule has 0 spiro atoms. The zero-order valence-electron chi connectivity index (χ0n) is 15.2. The summed E-state index contributed by atoms with van der Waals surface area (Å²) >= 11 is 3.43. The van der Waals surface area contributed by atoms with Crippen molar-refractivity contribution in [1.29, 1.82) is 0 Å². The van der Waals surface area contributed by atoms with Gasteiger partial charge in [-0.2, -0.15) is 13.2 Å². The number of carbonyl (C=O) groups is 1. The Morgan fingerprint density at radius 2 is 1.76 bits per heavy atom. The van der Waals surface area contributed by atoms with Crippen LogP contribution in [0.2, 0.25) is 0 Å². The minimum atomic E-state index is -4.49. The molecule has 3 aromatic rings. The van der Waals surface area contributed by atoms with Crippen LogP contribution in [0.3, 0.4) is 0 Å². The van der Waals surface area contributed by atoms with E-state index in [0.717, 1.165) is 26.9 Å². The lowest BCUT2D eigenvalue weighted by Gasteiger charge is -2.14. The average Bonchev–Trinajstić information content (AvgIpc) is 2.99. The highest BCUT2D eigenvalue weighted by atomic mass is 79.9. The van der Waals surface area contributed by atoms with Gasteiger partial charge >= 0.3 is 12.1 Å². The van der Waals surface area contributed by atoms with Crippen molar-refractivity contribution in [2.45, 2.75) is 19.6 Å². The quantitative estimate of drug-likeness (QED) is 0.512. The minimum absolute atomic E-state index is 0.0912. The number of hydrogen-bond donors (Lipinski definition) is 0. The zero-order valence-corrected chi connectivity index (χ0v) is 16.8. The third-order valence-electron chi connectivity index (χ3n) is 4.18. The highest BCUT2D eigenvalue weighted by Gasteiger charge is 2.30. The van der Waals surface area contributed by atoms with Gasteiger partial charge in [0.15, 0.2) is 0 Å². The summed E-state index contributed by atoms with van der Waals surface area (Å²) in [5, 5.41) is 0. The normalized spacial score (nSPS) is 11.5. The van der Waals surface area contributed by atoms with Crippen molar-refractivity contribution >= 4 is 21.9 Å². The van der Waals surface area contributed by atoms with Gasteiger partial charge in [0.1, 0.15) is 5.56 Å².